The molecule has 0 bridgehead atoms. The number of aromatic amines is 1. The van der Waals surface area contributed by atoms with Crippen LogP contribution in [-0.4, -0.2) is 50.3 Å². The summed E-state index contributed by atoms with van der Waals surface area (Å²) in [5.74, 6) is -0.237. The zero-order valence-electron chi connectivity index (χ0n) is 20.0. The maximum atomic E-state index is 13.6. The third kappa shape index (κ3) is 4.36. The number of rotatable bonds is 5. The third-order valence-electron chi connectivity index (χ3n) is 6.94. The first-order valence-electron chi connectivity index (χ1n) is 12.1. The smallest absolute Gasteiger partial charge is 0.137 e. The second kappa shape index (κ2) is 9.41. The highest BCUT2D eigenvalue weighted by molar-refractivity contribution is 6.13. The van der Waals surface area contributed by atoms with E-state index in [1.165, 1.54) is 11.8 Å². The van der Waals surface area contributed by atoms with Crippen LogP contribution in [0.25, 0.3) is 33.3 Å². The molecule has 0 amide bonds. The Hall–Kier alpha value is -3.68. The van der Waals surface area contributed by atoms with E-state index < -0.39 is 0 Å². The number of aromatic nitrogens is 4. The SMILES string of the molecule is Cc1c(-c2c[nH]c3ncc(-c4ccc(N5CCN(Cl)CC5)cc4)cc23)cnn1Cc1cccc(F)c1. The number of hydrogen-bond donors (Lipinski definition) is 1. The van der Waals surface area contributed by atoms with Gasteiger partial charge >= 0.3 is 0 Å². The van der Waals surface area contributed by atoms with Crippen LogP contribution in [0.1, 0.15) is 11.3 Å². The number of halogens is 2. The number of fused-ring (bicyclic) bond motifs is 1. The molecule has 0 atom stereocenters. The summed E-state index contributed by atoms with van der Waals surface area (Å²) in [6, 6.07) is 17.5. The predicted molar refractivity (Wildman–Crippen MR) is 143 cm³/mol. The average Bonchev–Trinajstić information content (AvgIpc) is 3.47. The number of nitrogens with one attached hydrogen (secondary N) is 1. The number of pyridine rings is 1. The highest BCUT2D eigenvalue weighted by Crippen LogP contribution is 2.33. The zero-order chi connectivity index (χ0) is 24.6. The van der Waals surface area contributed by atoms with Gasteiger partial charge in [-0.3, -0.25) is 4.68 Å². The van der Waals surface area contributed by atoms with Crippen LogP contribution >= 0.6 is 11.8 Å². The van der Waals surface area contributed by atoms with Gasteiger partial charge in [-0.2, -0.15) is 5.10 Å². The summed E-state index contributed by atoms with van der Waals surface area (Å²) in [6.07, 6.45) is 5.76. The van der Waals surface area contributed by atoms with E-state index in [0.717, 1.165) is 70.7 Å². The predicted octanol–water partition coefficient (Wildman–Crippen LogP) is 5.87. The van der Waals surface area contributed by atoms with Gasteiger partial charge in [0.15, 0.2) is 0 Å². The van der Waals surface area contributed by atoms with Crippen molar-refractivity contribution < 1.29 is 4.39 Å². The minimum absolute atomic E-state index is 0.237. The zero-order valence-corrected chi connectivity index (χ0v) is 20.7. The first kappa shape index (κ1) is 22.8. The van der Waals surface area contributed by atoms with Crippen molar-refractivity contribution in [2.75, 3.05) is 31.1 Å². The van der Waals surface area contributed by atoms with Crippen molar-refractivity contribution in [3.05, 3.63) is 90.3 Å². The number of nitrogens with zero attached hydrogens (tertiary/aromatic N) is 5. The number of piperazine rings is 1. The van der Waals surface area contributed by atoms with E-state index in [-0.39, 0.29) is 5.82 Å². The fourth-order valence-electron chi connectivity index (χ4n) is 4.87. The molecule has 0 spiro atoms. The van der Waals surface area contributed by atoms with Crippen LogP contribution in [0.5, 0.6) is 0 Å². The van der Waals surface area contributed by atoms with Crippen molar-refractivity contribution in [1.82, 2.24) is 24.2 Å². The lowest BCUT2D eigenvalue weighted by Gasteiger charge is -2.32. The Morgan fingerprint density at radius 2 is 1.75 bits per heavy atom. The molecule has 5 aromatic rings. The Kier molecular flexibility index (Phi) is 5.95. The minimum Gasteiger partial charge on any atom is -0.369 e. The van der Waals surface area contributed by atoms with Gasteiger partial charge in [0.25, 0.3) is 0 Å². The molecule has 8 heteroatoms. The van der Waals surface area contributed by atoms with Crippen molar-refractivity contribution >= 4 is 28.5 Å². The van der Waals surface area contributed by atoms with Gasteiger partial charge < -0.3 is 9.88 Å². The van der Waals surface area contributed by atoms with Crippen LogP contribution in [0.2, 0.25) is 0 Å². The molecule has 6 nitrogen and oxygen atoms in total. The van der Waals surface area contributed by atoms with E-state index in [4.69, 9.17) is 11.8 Å². The number of H-pyrrole nitrogens is 1. The molecule has 36 heavy (non-hydrogen) atoms. The Balaban J connectivity index is 1.28. The molecule has 1 fully saturated rings. The van der Waals surface area contributed by atoms with Crippen molar-refractivity contribution in [2.24, 2.45) is 0 Å². The molecule has 1 aliphatic heterocycles. The Morgan fingerprint density at radius 3 is 2.53 bits per heavy atom. The lowest BCUT2D eigenvalue weighted by atomic mass is 10.0. The third-order valence-corrected chi connectivity index (χ3v) is 7.27. The Morgan fingerprint density at radius 1 is 0.944 bits per heavy atom. The fraction of sp³-hybridized carbons (Fsp3) is 0.214. The van der Waals surface area contributed by atoms with Gasteiger partial charge in [-0.1, -0.05) is 24.3 Å². The molecule has 4 heterocycles. The summed E-state index contributed by atoms with van der Waals surface area (Å²) < 4.78 is 17.4. The molecule has 182 valence electrons. The normalized spacial score (nSPS) is 14.6. The highest BCUT2D eigenvalue weighted by atomic mass is 35.5. The lowest BCUT2D eigenvalue weighted by Crippen LogP contribution is -2.42. The molecule has 2 aromatic carbocycles. The molecule has 0 radical (unpaired) electrons. The first-order valence-corrected chi connectivity index (χ1v) is 12.4. The molecule has 0 saturated carbocycles. The molecule has 0 unspecified atom stereocenters. The van der Waals surface area contributed by atoms with Gasteiger partial charge in [0.1, 0.15) is 11.5 Å². The van der Waals surface area contributed by atoms with Crippen LogP contribution in [0.3, 0.4) is 0 Å². The highest BCUT2D eigenvalue weighted by Gasteiger charge is 2.17. The molecule has 3 aromatic heterocycles. The van der Waals surface area contributed by atoms with Crippen LogP contribution in [0.15, 0.2) is 73.2 Å². The molecular weight excluding hydrogens is 475 g/mol. The van der Waals surface area contributed by atoms with E-state index in [1.54, 1.807) is 12.1 Å². The summed E-state index contributed by atoms with van der Waals surface area (Å²) in [4.78, 5) is 10.3. The maximum Gasteiger partial charge on any atom is 0.137 e. The molecule has 1 aliphatic rings. The van der Waals surface area contributed by atoms with Gasteiger partial charge in [-0.05, 0) is 60.2 Å². The van der Waals surface area contributed by atoms with E-state index in [0.29, 0.717) is 6.54 Å². The van der Waals surface area contributed by atoms with Crippen LogP contribution in [0.4, 0.5) is 10.1 Å². The summed E-state index contributed by atoms with van der Waals surface area (Å²) in [5, 5.41) is 5.63. The van der Waals surface area contributed by atoms with Gasteiger partial charge in [-0.25, -0.2) is 13.8 Å². The summed E-state index contributed by atoms with van der Waals surface area (Å²) >= 11 is 6.10. The van der Waals surface area contributed by atoms with Crippen LogP contribution in [-0.2, 0) is 6.54 Å². The number of hydrogen-bond acceptors (Lipinski definition) is 4. The summed E-state index contributed by atoms with van der Waals surface area (Å²) in [6.45, 7) is 6.13. The maximum absolute atomic E-state index is 13.6. The quantitative estimate of drug-likeness (QED) is 0.307. The standard InChI is InChI=1S/C28H26ClFN6/c1-19-26(17-33-36(19)18-20-3-2-4-23(30)13-20)27-16-32-28-25(27)14-22(15-31-28)21-5-7-24(8-6-21)34-9-11-35(29)12-10-34/h2-8,13-17H,9-12,18H2,1H3,(H,31,32). The van der Waals surface area contributed by atoms with Gasteiger partial charge in [0, 0.05) is 72.0 Å². The van der Waals surface area contributed by atoms with Crippen molar-refractivity contribution in [1.29, 1.82) is 0 Å². The summed E-state index contributed by atoms with van der Waals surface area (Å²) in [7, 11) is 0. The van der Waals surface area contributed by atoms with Crippen molar-refractivity contribution in [3.8, 4) is 22.3 Å². The molecule has 6 rings (SSSR count). The number of benzene rings is 2. The van der Waals surface area contributed by atoms with Gasteiger partial charge in [-0.15, -0.1) is 0 Å². The van der Waals surface area contributed by atoms with E-state index in [9.17, 15) is 4.39 Å². The fourth-order valence-corrected chi connectivity index (χ4v) is 5.02. The van der Waals surface area contributed by atoms with E-state index >= 15 is 0 Å². The lowest BCUT2D eigenvalue weighted by molar-refractivity contribution is 0.416. The molecular formula is C28H26ClFN6. The first-order chi connectivity index (χ1) is 17.5. The molecule has 1 saturated heterocycles. The monoisotopic (exact) mass is 500 g/mol. The Labute approximate surface area is 214 Å². The second-order valence-electron chi connectivity index (χ2n) is 9.20. The van der Waals surface area contributed by atoms with Gasteiger partial charge in [0.2, 0.25) is 0 Å². The molecule has 0 aliphatic carbocycles. The van der Waals surface area contributed by atoms with Gasteiger partial charge in [0.05, 0.1) is 12.7 Å². The summed E-state index contributed by atoms with van der Waals surface area (Å²) in [5.41, 5.74) is 8.21. The Bertz CT molecular complexity index is 1520. The molecule has 1 N–H and O–H groups in total. The van der Waals surface area contributed by atoms with E-state index in [2.05, 4.69) is 50.3 Å². The minimum atomic E-state index is -0.237. The largest absolute Gasteiger partial charge is 0.369 e. The van der Waals surface area contributed by atoms with Crippen molar-refractivity contribution in [3.63, 3.8) is 0 Å². The second-order valence-corrected chi connectivity index (χ2v) is 9.68. The van der Waals surface area contributed by atoms with E-state index in [1.807, 2.05) is 40.7 Å². The van der Waals surface area contributed by atoms with Crippen molar-refractivity contribution in [2.45, 2.75) is 13.5 Å². The average molecular weight is 501 g/mol. The van der Waals surface area contributed by atoms with Crippen LogP contribution < -0.4 is 4.90 Å². The topological polar surface area (TPSA) is 53.0 Å². The van der Waals surface area contributed by atoms with Crippen LogP contribution in [0, 0.1) is 12.7 Å². The number of anilines is 1.